The van der Waals surface area contributed by atoms with Crippen molar-refractivity contribution in [2.45, 2.75) is 0 Å². The number of amides is 2. The number of rotatable bonds is 0. The van der Waals surface area contributed by atoms with Gasteiger partial charge in [-0.25, -0.2) is 4.79 Å². The van der Waals surface area contributed by atoms with E-state index in [1.54, 1.807) is 17.3 Å². The molecule has 52 valence electrons. The van der Waals surface area contributed by atoms with Gasteiger partial charge in [-0.05, 0) is 0 Å². The van der Waals surface area contributed by atoms with Crippen LogP contribution in [0.3, 0.4) is 0 Å². The summed E-state index contributed by atoms with van der Waals surface area (Å²) >= 11 is 0. The molecule has 2 amide bonds. The molecule has 1 fully saturated rings. The third-order valence-electron chi connectivity index (χ3n) is 1.61. The molecular formula is C6H7N3O. The van der Waals surface area contributed by atoms with Gasteiger partial charge in [-0.3, -0.25) is 9.89 Å². The third-order valence-corrected chi connectivity index (χ3v) is 1.61. The Labute approximate surface area is 58.2 Å². The largest absolute Gasteiger partial charge is 0.332 e. The Morgan fingerprint density at radius 1 is 1.70 bits per heavy atom. The standard InChI is InChI=1S/C6H7N3O/c10-6-8-4-5-3-7-1-2-9(5)6/h1,3H,2,4H2,(H,8,10). The number of carbonyl (C=O) groups excluding carboxylic acids is 1. The summed E-state index contributed by atoms with van der Waals surface area (Å²) < 4.78 is 0. The van der Waals surface area contributed by atoms with Gasteiger partial charge in [0.15, 0.2) is 0 Å². The van der Waals surface area contributed by atoms with E-state index in [0.29, 0.717) is 13.1 Å². The van der Waals surface area contributed by atoms with E-state index in [1.165, 1.54) is 0 Å². The molecule has 2 heterocycles. The van der Waals surface area contributed by atoms with E-state index >= 15 is 0 Å². The quantitative estimate of drug-likeness (QED) is 0.499. The first kappa shape index (κ1) is 5.46. The molecule has 2 rings (SSSR count). The van der Waals surface area contributed by atoms with Gasteiger partial charge < -0.3 is 5.32 Å². The molecule has 10 heavy (non-hydrogen) atoms. The lowest BCUT2D eigenvalue weighted by Gasteiger charge is -2.14. The van der Waals surface area contributed by atoms with E-state index in [1.807, 2.05) is 0 Å². The number of nitrogens with zero attached hydrogens (tertiary/aromatic N) is 2. The van der Waals surface area contributed by atoms with E-state index in [4.69, 9.17) is 0 Å². The van der Waals surface area contributed by atoms with Crippen LogP contribution in [-0.4, -0.2) is 30.2 Å². The average molecular weight is 137 g/mol. The number of hydrogen-bond donors (Lipinski definition) is 1. The fraction of sp³-hybridized carbons (Fsp3) is 0.333. The van der Waals surface area contributed by atoms with Crippen molar-refractivity contribution in [1.82, 2.24) is 10.2 Å². The van der Waals surface area contributed by atoms with Crippen molar-refractivity contribution in [3.05, 3.63) is 11.9 Å². The second-order valence-electron chi connectivity index (χ2n) is 2.22. The van der Waals surface area contributed by atoms with E-state index in [0.717, 1.165) is 5.70 Å². The molecule has 1 saturated heterocycles. The number of urea groups is 1. The van der Waals surface area contributed by atoms with Gasteiger partial charge in [0, 0.05) is 12.4 Å². The van der Waals surface area contributed by atoms with Crippen molar-refractivity contribution in [3.63, 3.8) is 0 Å². The average Bonchev–Trinajstić information content (AvgIpc) is 2.34. The summed E-state index contributed by atoms with van der Waals surface area (Å²) in [5.74, 6) is 0. The minimum absolute atomic E-state index is 0.0163. The van der Waals surface area contributed by atoms with E-state index in [-0.39, 0.29) is 6.03 Å². The second-order valence-corrected chi connectivity index (χ2v) is 2.22. The van der Waals surface area contributed by atoms with Crippen LogP contribution in [-0.2, 0) is 0 Å². The van der Waals surface area contributed by atoms with Crippen LogP contribution in [0.25, 0.3) is 0 Å². The lowest BCUT2D eigenvalue weighted by molar-refractivity contribution is 0.227. The van der Waals surface area contributed by atoms with Crippen LogP contribution in [0.2, 0.25) is 0 Å². The topological polar surface area (TPSA) is 44.7 Å². The van der Waals surface area contributed by atoms with Crippen molar-refractivity contribution in [2.75, 3.05) is 13.1 Å². The van der Waals surface area contributed by atoms with Gasteiger partial charge in [0.1, 0.15) is 0 Å². The Morgan fingerprint density at radius 3 is 3.40 bits per heavy atom. The van der Waals surface area contributed by atoms with Crippen LogP contribution in [0, 0.1) is 0 Å². The molecule has 0 aromatic carbocycles. The molecule has 0 saturated carbocycles. The first-order valence-electron chi connectivity index (χ1n) is 3.14. The van der Waals surface area contributed by atoms with E-state index < -0.39 is 0 Å². The van der Waals surface area contributed by atoms with Crippen molar-refractivity contribution < 1.29 is 4.79 Å². The first-order chi connectivity index (χ1) is 4.88. The molecule has 0 spiro atoms. The van der Waals surface area contributed by atoms with Crippen molar-refractivity contribution in [1.29, 1.82) is 0 Å². The predicted octanol–water partition coefficient (Wildman–Crippen LogP) is -0.0626. The van der Waals surface area contributed by atoms with Gasteiger partial charge in [0.25, 0.3) is 0 Å². The van der Waals surface area contributed by atoms with Crippen molar-refractivity contribution in [2.24, 2.45) is 4.99 Å². The van der Waals surface area contributed by atoms with Crippen LogP contribution >= 0.6 is 0 Å². The maximum atomic E-state index is 10.9. The van der Waals surface area contributed by atoms with Gasteiger partial charge in [-0.2, -0.15) is 0 Å². The monoisotopic (exact) mass is 137 g/mol. The third kappa shape index (κ3) is 0.618. The smallest absolute Gasteiger partial charge is 0.322 e. The lowest BCUT2D eigenvalue weighted by atomic mass is 10.4. The number of fused-ring (bicyclic) bond motifs is 1. The Bertz CT molecular complexity index is 231. The fourth-order valence-corrected chi connectivity index (χ4v) is 1.07. The normalized spacial score (nSPS) is 22.2. The fourth-order valence-electron chi connectivity index (χ4n) is 1.07. The van der Waals surface area contributed by atoms with Gasteiger partial charge >= 0.3 is 6.03 Å². The summed E-state index contributed by atoms with van der Waals surface area (Å²) in [6.45, 7) is 1.23. The Morgan fingerprint density at radius 2 is 2.60 bits per heavy atom. The predicted molar refractivity (Wildman–Crippen MR) is 36.7 cm³/mol. The Kier molecular flexibility index (Phi) is 1.00. The number of hydrogen-bond acceptors (Lipinski definition) is 2. The summed E-state index contributed by atoms with van der Waals surface area (Å²) in [5, 5.41) is 2.70. The molecule has 1 N–H and O–H groups in total. The minimum Gasteiger partial charge on any atom is -0.332 e. The Balaban J connectivity index is 2.31. The molecule has 4 heteroatoms. The highest BCUT2D eigenvalue weighted by atomic mass is 16.2. The van der Waals surface area contributed by atoms with Gasteiger partial charge in [-0.15, -0.1) is 0 Å². The maximum absolute atomic E-state index is 10.9. The SMILES string of the molecule is O=C1NCC2=CN=CCN12. The molecule has 0 aromatic rings. The second kappa shape index (κ2) is 1.83. The molecule has 0 atom stereocenters. The van der Waals surface area contributed by atoms with E-state index in [9.17, 15) is 4.79 Å². The lowest BCUT2D eigenvalue weighted by Crippen LogP contribution is -2.29. The molecule has 4 nitrogen and oxygen atoms in total. The summed E-state index contributed by atoms with van der Waals surface area (Å²) in [6.07, 6.45) is 3.43. The number of aliphatic imine (C=N–C) groups is 1. The van der Waals surface area contributed by atoms with Gasteiger partial charge in [0.2, 0.25) is 0 Å². The van der Waals surface area contributed by atoms with Crippen LogP contribution in [0.4, 0.5) is 4.79 Å². The zero-order valence-electron chi connectivity index (χ0n) is 5.37. The molecule has 2 aliphatic heterocycles. The molecule has 0 radical (unpaired) electrons. The zero-order valence-corrected chi connectivity index (χ0v) is 5.37. The molecule has 0 aliphatic carbocycles. The molecule has 0 unspecified atom stereocenters. The molecule has 0 aromatic heterocycles. The minimum atomic E-state index is -0.0163. The van der Waals surface area contributed by atoms with Crippen LogP contribution < -0.4 is 5.32 Å². The molecule has 0 bridgehead atoms. The summed E-state index contributed by atoms with van der Waals surface area (Å²) in [4.78, 5) is 16.5. The van der Waals surface area contributed by atoms with Crippen LogP contribution in [0.15, 0.2) is 16.9 Å². The number of carbonyl (C=O) groups is 1. The van der Waals surface area contributed by atoms with E-state index in [2.05, 4.69) is 10.3 Å². The number of nitrogens with one attached hydrogen (secondary N) is 1. The van der Waals surface area contributed by atoms with Crippen LogP contribution in [0.5, 0.6) is 0 Å². The molecular weight excluding hydrogens is 130 g/mol. The highest BCUT2D eigenvalue weighted by Gasteiger charge is 2.25. The summed E-state index contributed by atoms with van der Waals surface area (Å²) in [7, 11) is 0. The summed E-state index contributed by atoms with van der Waals surface area (Å²) in [6, 6.07) is -0.0163. The Hall–Kier alpha value is -1.32. The van der Waals surface area contributed by atoms with Crippen molar-refractivity contribution >= 4 is 12.2 Å². The summed E-state index contributed by atoms with van der Waals surface area (Å²) in [5.41, 5.74) is 0.965. The molecule has 2 aliphatic rings. The zero-order chi connectivity index (χ0) is 6.97. The van der Waals surface area contributed by atoms with Crippen LogP contribution in [0.1, 0.15) is 0 Å². The first-order valence-corrected chi connectivity index (χ1v) is 3.14. The van der Waals surface area contributed by atoms with Crippen molar-refractivity contribution in [3.8, 4) is 0 Å². The van der Waals surface area contributed by atoms with Gasteiger partial charge in [0.05, 0.1) is 18.8 Å². The highest BCUT2D eigenvalue weighted by Crippen LogP contribution is 2.11. The highest BCUT2D eigenvalue weighted by molar-refractivity contribution is 5.83. The maximum Gasteiger partial charge on any atom is 0.322 e. The van der Waals surface area contributed by atoms with Gasteiger partial charge in [-0.1, -0.05) is 0 Å².